The summed E-state index contributed by atoms with van der Waals surface area (Å²) in [5.74, 6) is 0.349. The van der Waals surface area contributed by atoms with Gasteiger partial charge >= 0.3 is 5.97 Å². The Balaban J connectivity index is 1.90. The molecule has 1 fully saturated rings. The van der Waals surface area contributed by atoms with E-state index in [0.29, 0.717) is 22.4 Å². The summed E-state index contributed by atoms with van der Waals surface area (Å²) in [5, 5.41) is 0. The van der Waals surface area contributed by atoms with Crippen molar-refractivity contribution in [1.29, 1.82) is 0 Å². The molecule has 0 radical (unpaired) electrons. The second-order valence-corrected chi connectivity index (χ2v) is 9.00. The molecule has 0 unspecified atom stereocenters. The highest BCUT2D eigenvalue weighted by Gasteiger charge is 2.33. The number of hydrogen-bond donors (Lipinski definition) is 0. The van der Waals surface area contributed by atoms with Crippen LogP contribution in [0, 0.1) is 5.92 Å². The highest BCUT2D eigenvalue weighted by atomic mass is 32.2. The van der Waals surface area contributed by atoms with Crippen molar-refractivity contribution in [3.05, 3.63) is 34.7 Å². The van der Waals surface area contributed by atoms with Gasteiger partial charge in [-0.05, 0) is 36.1 Å². The Kier molecular flexibility index (Phi) is 9.67. The number of benzene rings is 1. The van der Waals surface area contributed by atoms with E-state index in [1.54, 1.807) is 6.08 Å². The molecule has 0 spiro atoms. The zero-order chi connectivity index (χ0) is 21.2. The predicted molar refractivity (Wildman–Crippen MR) is 122 cm³/mol. The first kappa shape index (κ1) is 23.4. The van der Waals surface area contributed by atoms with Crippen molar-refractivity contribution < 1.29 is 19.1 Å². The minimum absolute atomic E-state index is 0.153. The molecule has 0 N–H and O–H groups in total. The summed E-state index contributed by atoms with van der Waals surface area (Å²) >= 11 is 6.46. The molecule has 1 aromatic rings. The van der Waals surface area contributed by atoms with E-state index in [4.69, 9.17) is 21.7 Å². The van der Waals surface area contributed by atoms with Gasteiger partial charge in [0.1, 0.15) is 16.6 Å². The highest BCUT2D eigenvalue weighted by molar-refractivity contribution is 8.26. The van der Waals surface area contributed by atoms with Crippen molar-refractivity contribution in [1.82, 2.24) is 4.90 Å². The lowest BCUT2D eigenvalue weighted by Gasteiger charge is -2.14. The van der Waals surface area contributed by atoms with Gasteiger partial charge in [0.25, 0.3) is 5.91 Å². The maximum atomic E-state index is 12.6. The van der Waals surface area contributed by atoms with Gasteiger partial charge in [0.15, 0.2) is 0 Å². The minimum Gasteiger partial charge on any atom is -0.494 e. The number of rotatable bonds is 11. The first-order valence-corrected chi connectivity index (χ1v) is 11.3. The summed E-state index contributed by atoms with van der Waals surface area (Å²) in [4.78, 5) is 26.3. The molecular formula is C22H29NO4S2. The number of ether oxygens (including phenoxy) is 2. The molecule has 1 aliphatic rings. The van der Waals surface area contributed by atoms with Crippen molar-refractivity contribution in [3.8, 4) is 5.75 Å². The number of thioether (sulfide) groups is 1. The summed E-state index contributed by atoms with van der Waals surface area (Å²) in [5.41, 5.74) is 0.881. The third kappa shape index (κ3) is 7.82. The van der Waals surface area contributed by atoms with Crippen LogP contribution in [0.1, 0.15) is 52.0 Å². The van der Waals surface area contributed by atoms with Crippen LogP contribution in [0.4, 0.5) is 0 Å². The largest absolute Gasteiger partial charge is 0.494 e. The molecule has 2 rings (SSSR count). The zero-order valence-corrected chi connectivity index (χ0v) is 18.9. The molecule has 7 heteroatoms. The van der Waals surface area contributed by atoms with Crippen LogP contribution in [0.15, 0.2) is 29.2 Å². The molecule has 0 bridgehead atoms. The van der Waals surface area contributed by atoms with Gasteiger partial charge in [-0.15, -0.1) is 0 Å². The molecule has 0 saturated carbocycles. The van der Waals surface area contributed by atoms with E-state index in [-0.39, 0.29) is 18.4 Å². The number of unbranched alkanes of at least 4 members (excludes halogenated alkanes) is 3. The number of carbonyl (C=O) groups excluding carboxylic acids is 2. The van der Waals surface area contributed by atoms with Crippen LogP contribution < -0.4 is 4.74 Å². The van der Waals surface area contributed by atoms with Crippen molar-refractivity contribution in [2.24, 2.45) is 5.92 Å². The van der Waals surface area contributed by atoms with E-state index in [9.17, 15) is 9.59 Å². The van der Waals surface area contributed by atoms with E-state index in [1.165, 1.54) is 35.9 Å². The van der Waals surface area contributed by atoms with E-state index in [2.05, 4.69) is 6.92 Å². The Morgan fingerprint density at radius 3 is 2.59 bits per heavy atom. The van der Waals surface area contributed by atoms with Gasteiger partial charge in [0.2, 0.25) is 0 Å². The van der Waals surface area contributed by atoms with Crippen LogP contribution in [-0.4, -0.2) is 40.9 Å². The zero-order valence-electron chi connectivity index (χ0n) is 17.3. The number of amides is 1. The normalized spacial score (nSPS) is 15.4. The van der Waals surface area contributed by atoms with Crippen LogP contribution in [0.5, 0.6) is 5.75 Å². The molecule has 1 saturated heterocycles. The lowest BCUT2D eigenvalue weighted by Crippen LogP contribution is -2.34. The molecule has 5 nitrogen and oxygen atoms in total. The van der Waals surface area contributed by atoms with Crippen LogP contribution in [0.3, 0.4) is 0 Å². The summed E-state index contributed by atoms with van der Waals surface area (Å²) in [6.07, 6.45) is 6.46. The van der Waals surface area contributed by atoms with E-state index in [1.807, 2.05) is 38.1 Å². The number of nitrogens with zero attached hydrogens (tertiary/aromatic N) is 1. The predicted octanol–water partition coefficient (Wildman–Crippen LogP) is 5.05. The molecule has 0 aliphatic carbocycles. The van der Waals surface area contributed by atoms with Gasteiger partial charge in [-0.3, -0.25) is 14.5 Å². The molecule has 158 valence electrons. The molecule has 1 aliphatic heterocycles. The fraction of sp³-hybridized carbons (Fsp3) is 0.500. The fourth-order valence-electron chi connectivity index (χ4n) is 2.60. The lowest BCUT2D eigenvalue weighted by molar-refractivity contribution is -0.147. The highest BCUT2D eigenvalue weighted by Crippen LogP contribution is 2.32. The van der Waals surface area contributed by atoms with E-state index < -0.39 is 5.97 Å². The minimum atomic E-state index is -0.448. The number of hydrogen-bond acceptors (Lipinski definition) is 6. The van der Waals surface area contributed by atoms with Crippen LogP contribution in [0.25, 0.3) is 6.08 Å². The average molecular weight is 436 g/mol. The Hall–Kier alpha value is -1.86. The Morgan fingerprint density at radius 2 is 1.93 bits per heavy atom. The van der Waals surface area contributed by atoms with Crippen LogP contribution in [0.2, 0.25) is 0 Å². The van der Waals surface area contributed by atoms with Gasteiger partial charge in [-0.25, -0.2) is 0 Å². The first-order chi connectivity index (χ1) is 13.9. The van der Waals surface area contributed by atoms with Crippen molar-refractivity contribution in [2.45, 2.75) is 46.5 Å². The van der Waals surface area contributed by atoms with Gasteiger partial charge in [-0.1, -0.05) is 76.1 Å². The monoisotopic (exact) mass is 435 g/mol. The fourth-order valence-corrected chi connectivity index (χ4v) is 3.86. The number of carbonyl (C=O) groups is 2. The summed E-state index contributed by atoms with van der Waals surface area (Å²) < 4.78 is 11.3. The number of esters is 1. The molecule has 1 amide bonds. The topological polar surface area (TPSA) is 55.8 Å². The molecule has 29 heavy (non-hydrogen) atoms. The SMILES string of the molecule is CCCCCCOc1ccc(/C=C2\SC(=S)N(CC(=O)OCC(C)C)C2=O)cc1. The Bertz CT molecular complexity index is 744. The summed E-state index contributed by atoms with van der Waals surface area (Å²) in [6, 6.07) is 7.61. The molecular weight excluding hydrogens is 406 g/mol. The smallest absolute Gasteiger partial charge is 0.326 e. The van der Waals surface area contributed by atoms with Crippen molar-refractivity contribution in [2.75, 3.05) is 19.8 Å². The second kappa shape index (κ2) is 12.0. The average Bonchev–Trinajstić information content (AvgIpc) is 2.95. The molecule has 1 heterocycles. The van der Waals surface area contributed by atoms with E-state index >= 15 is 0 Å². The summed E-state index contributed by atoms with van der Waals surface area (Å²) in [6.45, 7) is 6.99. The maximum absolute atomic E-state index is 12.6. The van der Waals surface area contributed by atoms with Gasteiger partial charge < -0.3 is 9.47 Å². The molecule has 1 aromatic carbocycles. The third-order valence-corrected chi connectivity index (χ3v) is 5.56. The molecule has 0 atom stereocenters. The van der Waals surface area contributed by atoms with E-state index in [0.717, 1.165) is 17.7 Å². The number of thiocarbonyl (C=S) groups is 1. The third-order valence-electron chi connectivity index (χ3n) is 4.18. The quantitative estimate of drug-likeness (QED) is 0.210. The van der Waals surface area contributed by atoms with Crippen LogP contribution >= 0.6 is 24.0 Å². The van der Waals surface area contributed by atoms with Crippen molar-refractivity contribution in [3.63, 3.8) is 0 Å². The first-order valence-electron chi connectivity index (χ1n) is 10.0. The van der Waals surface area contributed by atoms with Crippen LogP contribution in [-0.2, 0) is 14.3 Å². The maximum Gasteiger partial charge on any atom is 0.326 e. The molecule has 0 aromatic heterocycles. The van der Waals surface area contributed by atoms with Gasteiger partial charge in [-0.2, -0.15) is 0 Å². The lowest BCUT2D eigenvalue weighted by atomic mass is 10.2. The Morgan fingerprint density at radius 1 is 1.21 bits per heavy atom. The van der Waals surface area contributed by atoms with Gasteiger partial charge in [0, 0.05) is 0 Å². The second-order valence-electron chi connectivity index (χ2n) is 7.32. The standard InChI is InChI=1S/C22H29NO4S2/c1-4-5-6-7-12-26-18-10-8-17(9-11-18)13-19-21(25)23(22(28)29-19)14-20(24)27-15-16(2)3/h8-11,13,16H,4-7,12,14-15H2,1-3H3/b19-13-. The van der Waals surface area contributed by atoms with Gasteiger partial charge in [0.05, 0.1) is 18.1 Å². The van der Waals surface area contributed by atoms with Crippen molar-refractivity contribution >= 4 is 46.3 Å². The summed E-state index contributed by atoms with van der Waals surface area (Å²) in [7, 11) is 0. The Labute approximate surface area is 182 Å².